The van der Waals surface area contributed by atoms with Gasteiger partial charge in [-0.05, 0) is 13.0 Å². The highest BCUT2D eigenvalue weighted by Gasteiger charge is 2.13. The van der Waals surface area contributed by atoms with E-state index in [0.717, 1.165) is 5.69 Å². The smallest absolute Gasteiger partial charge is 0.356 e. The van der Waals surface area contributed by atoms with Crippen molar-refractivity contribution in [2.75, 3.05) is 12.4 Å². The van der Waals surface area contributed by atoms with Crippen molar-refractivity contribution in [3.05, 3.63) is 17.5 Å². The third-order valence-electron chi connectivity index (χ3n) is 1.56. The molecule has 0 unspecified atom stereocenters. The second-order valence-electron chi connectivity index (χ2n) is 2.49. The lowest BCUT2D eigenvalue weighted by Crippen LogP contribution is -2.06. The van der Waals surface area contributed by atoms with Gasteiger partial charge in [-0.2, -0.15) is 0 Å². The molecule has 0 aliphatic heterocycles. The molecule has 0 aliphatic rings. The van der Waals surface area contributed by atoms with Crippen LogP contribution in [0.1, 0.15) is 16.2 Å². The van der Waals surface area contributed by atoms with Gasteiger partial charge >= 0.3 is 5.97 Å². The summed E-state index contributed by atoms with van der Waals surface area (Å²) in [5.74, 6) is -0.502. The normalized spacial score (nSPS) is 9.38. The lowest BCUT2D eigenvalue weighted by Gasteiger charge is -1.98. The van der Waals surface area contributed by atoms with Crippen LogP contribution in [-0.4, -0.2) is 24.5 Å². The third-order valence-corrected chi connectivity index (χ3v) is 1.56. The SMILES string of the molecule is COC(=O)c1[nH]c(C)cc1NC=O. The van der Waals surface area contributed by atoms with E-state index >= 15 is 0 Å². The number of hydrogen-bond acceptors (Lipinski definition) is 3. The van der Waals surface area contributed by atoms with E-state index in [1.54, 1.807) is 13.0 Å². The first-order chi connectivity index (χ1) is 6.19. The predicted molar refractivity (Wildman–Crippen MR) is 46.6 cm³/mol. The number of carbonyl (C=O) groups is 2. The monoisotopic (exact) mass is 182 g/mol. The van der Waals surface area contributed by atoms with Gasteiger partial charge in [-0.3, -0.25) is 4.79 Å². The number of amides is 1. The lowest BCUT2D eigenvalue weighted by molar-refractivity contribution is -0.105. The fraction of sp³-hybridized carbons (Fsp3) is 0.250. The highest BCUT2D eigenvalue weighted by molar-refractivity contribution is 5.96. The van der Waals surface area contributed by atoms with Gasteiger partial charge in [-0.1, -0.05) is 0 Å². The number of methoxy groups -OCH3 is 1. The minimum Gasteiger partial charge on any atom is -0.464 e. The van der Waals surface area contributed by atoms with Gasteiger partial charge in [0.15, 0.2) is 0 Å². The molecular weight excluding hydrogens is 172 g/mol. The maximum atomic E-state index is 11.1. The first-order valence-electron chi connectivity index (χ1n) is 3.67. The predicted octanol–water partition coefficient (Wildman–Crippen LogP) is 0.678. The topological polar surface area (TPSA) is 71.2 Å². The average Bonchev–Trinajstić information content (AvgIpc) is 2.46. The fourth-order valence-corrected chi connectivity index (χ4v) is 1.03. The molecule has 0 aliphatic carbocycles. The number of ether oxygens (including phenoxy) is 1. The van der Waals surface area contributed by atoms with Crippen LogP contribution >= 0.6 is 0 Å². The van der Waals surface area contributed by atoms with Crippen molar-refractivity contribution < 1.29 is 14.3 Å². The van der Waals surface area contributed by atoms with Gasteiger partial charge in [0, 0.05) is 5.69 Å². The summed E-state index contributed by atoms with van der Waals surface area (Å²) in [7, 11) is 1.28. The van der Waals surface area contributed by atoms with Crippen LogP contribution in [-0.2, 0) is 9.53 Å². The van der Waals surface area contributed by atoms with Crippen LogP contribution < -0.4 is 5.32 Å². The van der Waals surface area contributed by atoms with Crippen molar-refractivity contribution in [2.45, 2.75) is 6.92 Å². The van der Waals surface area contributed by atoms with Crippen LogP contribution in [0, 0.1) is 6.92 Å². The van der Waals surface area contributed by atoms with Gasteiger partial charge in [-0.25, -0.2) is 4.79 Å². The van der Waals surface area contributed by atoms with E-state index in [4.69, 9.17) is 0 Å². The Balaban J connectivity index is 3.03. The summed E-state index contributed by atoms with van der Waals surface area (Å²) in [6, 6.07) is 1.65. The molecule has 13 heavy (non-hydrogen) atoms. The molecule has 0 radical (unpaired) electrons. The van der Waals surface area contributed by atoms with E-state index in [-0.39, 0.29) is 5.69 Å². The van der Waals surface area contributed by atoms with Crippen LogP contribution in [0.3, 0.4) is 0 Å². The molecular formula is C8H10N2O3. The molecule has 0 spiro atoms. The number of aryl methyl sites for hydroxylation is 1. The molecule has 1 rings (SSSR count). The average molecular weight is 182 g/mol. The number of esters is 1. The third kappa shape index (κ3) is 1.87. The van der Waals surface area contributed by atoms with Gasteiger partial charge in [0.05, 0.1) is 12.8 Å². The van der Waals surface area contributed by atoms with Crippen molar-refractivity contribution in [1.82, 2.24) is 4.98 Å². The number of aromatic nitrogens is 1. The number of rotatable bonds is 3. The van der Waals surface area contributed by atoms with Crippen molar-refractivity contribution >= 4 is 18.1 Å². The van der Waals surface area contributed by atoms with Crippen molar-refractivity contribution in [1.29, 1.82) is 0 Å². The molecule has 0 fully saturated rings. The zero-order chi connectivity index (χ0) is 9.84. The van der Waals surface area contributed by atoms with Crippen LogP contribution in [0.4, 0.5) is 5.69 Å². The van der Waals surface area contributed by atoms with Crippen molar-refractivity contribution in [3.63, 3.8) is 0 Å². The summed E-state index contributed by atoms with van der Waals surface area (Å²) in [5.41, 5.74) is 1.47. The van der Waals surface area contributed by atoms with Crippen molar-refractivity contribution in [3.8, 4) is 0 Å². The molecule has 70 valence electrons. The van der Waals surface area contributed by atoms with Crippen LogP contribution in [0.25, 0.3) is 0 Å². The molecule has 1 amide bonds. The number of anilines is 1. The number of carbonyl (C=O) groups excluding carboxylic acids is 2. The molecule has 1 heterocycles. The van der Waals surface area contributed by atoms with E-state index < -0.39 is 5.97 Å². The largest absolute Gasteiger partial charge is 0.464 e. The first kappa shape index (κ1) is 9.31. The number of aromatic amines is 1. The summed E-state index contributed by atoms with van der Waals surface area (Å²) in [5, 5.41) is 2.40. The molecule has 2 N–H and O–H groups in total. The molecule has 1 aromatic rings. The van der Waals surface area contributed by atoms with E-state index in [0.29, 0.717) is 12.1 Å². The van der Waals surface area contributed by atoms with Crippen LogP contribution in [0.5, 0.6) is 0 Å². The highest BCUT2D eigenvalue weighted by atomic mass is 16.5. The Morgan fingerprint density at radius 3 is 2.92 bits per heavy atom. The Labute approximate surface area is 75.1 Å². The van der Waals surface area contributed by atoms with E-state index in [2.05, 4.69) is 15.0 Å². The summed E-state index contributed by atoms with van der Waals surface area (Å²) in [6.45, 7) is 1.78. The first-order valence-corrected chi connectivity index (χ1v) is 3.67. The number of nitrogens with one attached hydrogen (secondary N) is 2. The number of H-pyrrole nitrogens is 1. The highest BCUT2D eigenvalue weighted by Crippen LogP contribution is 2.16. The molecule has 0 aromatic carbocycles. The van der Waals surface area contributed by atoms with Gasteiger partial charge in [0.25, 0.3) is 0 Å². The Kier molecular flexibility index (Phi) is 2.69. The Morgan fingerprint density at radius 2 is 2.38 bits per heavy atom. The van der Waals surface area contributed by atoms with Gasteiger partial charge in [-0.15, -0.1) is 0 Å². The second-order valence-corrected chi connectivity index (χ2v) is 2.49. The molecule has 0 bridgehead atoms. The molecule has 0 saturated heterocycles. The van der Waals surface area contributed by atoms with Gasteiger partial charge in [0.2, 0.25) is 6.41 Å². The zero-order valence-electron chi connectivity index (χ0n) is 7.38. The summed E-state index contributed by atoms with van der Waals surface area (Å²) < 4.78 is 4.51. The van der Waals surface area contributed by atoms with Gasteiger partial charge < -0.3 is 15.0 Å². The van der Waals surface area contributed by atoms with Gasteiger partial charge in [0.1, 0.15) is 5.69 Å². The maximum absolute atomic E-state index is 11.1. The Bertz CT molecular complexity index is 330. The minimum absolute atomic E-state index is 0.257. The number of hydrogen-bond donors (Lipinski definition) is 2. The zero-order valence-corrected chi connectivity index (χ0v) is 7.38. The Hall–Kier alpha value is -1.78. The summed E-state index contributed by atoms with van der Waals surface area (Å²) in [6.07, 6.45) is 0.509. The van der Waals surface area contributed by atoms with E-state index in [1.165, 1.54) is 7.11 Å². The fourth-order valence-electron chi connectivity index (χ4n) is 1.03. The summed E-state index contributed by atoms with van der Waals surface area (Å²) in [4.78, 5) is 24.1. The van der Waals surface area contributed by atoms with E-state index in [1.807, 2.05) is 0 Å². The molecule has 5 heteroatoms. The van der Waals surface area contributed by atoms with Crippen LogP contribution in [0.2, 0.25) is 0 Å². The van der Waals surface area contributed by atoms with Crippen molar-refractivity contribution in [2.24, 2.45) is 0 Å². The molecule has 0 saturated carbocycles. The maximum Gasteiger partial charge on any atom is 0.356 e. The lowest BCUT2D eigenvalue weighted by atomic mass is 10.3. The van der Waals surface area contributed by atoms with Crippen LogP contribution in [0.15, 0.2) is 6.07 Å². The second kappa shape index (κ2) is 3.75. The Morgan fingerprint density at radius 1 is 1.69 bits per heavy atom. The summed E-state index contributed by atoms with van der Waals surface area (Å²) >= 11 is 0. The standard InChI is InChI=1S/C8H10N2O3/c1-5-3-6(9-4-11)7(10-5)8(12)13-2/h3-4,10H,1-2H3,(H,9,11). The van der Waals surface area contributed by atoms with E-state index in [9.17, 15) is 9.59 Å². The molecule has 0 atom stereocenters. The molecule has 1 aromatic heterocycles. The quantitative estimate of drug-likeness (QED) is 0.533. The molecule has 5 nitrogen and oxygen atoms in total. The minimum atomic E-state index is -0.502.